The van der Waals surface area contributed by atoms with Crippen molar-refractivity contribution < 1.29 is 5.11 Å². The highest BCUT2D eigenvalue weighted by Gasteiger charge is 2.20. The summed E-state index contributed by atoms with van der Waals surface area (Å²) >= 11 is 0. The van der Waals surface area contributed by atoms with Crippen LogP contribution in [0.5, 0.6) is 5.75 Å². The number of rotatable bonds is 5. The lowest BCUT2D eigenvalue weighted by molar-refractivity contribution is 0.471. The largest absolute Gasteiger partial charge is 0.505 e. The summed E-state index contributed by atoms with van der Waals surface area (Å²) in [4.78, 5) is 8.95. The average Bonchev–Trinajstić information content (AvgIpc) is 2.74. The standard InChI is InChI=1S/C24H23N3O/c1-3-17-8-11-18(12-9-17)22(27-21-6-4-5-15-25-21)20-14-13-19-10-7-16(2)26-23(19)24(20)28/h4-15,22,28H,3H2,1-2H3,(H,25,27). The summed E-state index contributed by atoms with van der Waals surface area (Å²) in [7, 11) is 0. The maximum atomic E-state index is 11.1. The van der Waals surface area contributed by atoms with E-state index in [9.17, 15) is 5.11 Å². The third-order valence-corrected chi connectivity index (χ3v) is 5.00. The van der Waals surface area contributed by atoms with Gasteiger partial charge in [-0.05, 0) is 42.7 Å². The SMILES string of the molecule is CCc1ccc(C(Nc2ccccn2)c2ccc3ccc(C)nc3c2O)cc1. The molecule has 140 valence electrons. The van der Waals surface area contributed by atoms with Gasteiger partial charge in [-0.15, -0.1) is 0 Å². The molecule has 0 fully saturated rings. The maximum Gasteiger partial charge on any atom is 0.147 e. The fourth-order valence-electron chi connectivity index (χ4n) is 3.40. The van der Waals surface area contributed by atoms with Crippen molar-refractivity contribution in [3.05, 3.63) is 95.3 Å². The van der Waals surface area contributed by atoms with Gasteiger partial charge in [-0.1, -0.05) is 55.5 Å². The summed E-state index contributed by atoms with van der Waals surface area (Å²) in [5.41, 5.74) is 4.61. The minimum absolute atomic E-state index is 0.203. The van der Waals surface area contributed by atoms with E-state index >= 15 is 0 Å². The number of nitrogens with one attached hydrogen (secondary N) is 1. The van der Waals surface area contributed by atoms with Gasteiger partial charge in [-0.25, -0.2) is 9.97 Å². The Morgan fingerprint density at radius 1 is 0.964 bits per heavy atom. The first-order chi connectivity index (χ1) is 13.7. The molecule has 0 amide bonds. The van der Waals surface area contributed by atoms with Crippen LogP contribution in [0.3, 0.4) is 0 Å². The number of aryl methyl sites for hydroxylation is 2. The zero-order valence-corrected chi connectivity index (χ0v) is 16.1. The third-order valence-electron chi connectivity index (χ3n) is 5.00. The third kappa shape index (κ3) is 3.54. The number of aromatic nitrogens is 2. The van der Waals surface area contributed by atoms with Gasteiger partial charge in [-0.3, -0.25) is 0 Å². The Kier molecular flexibility index (Phi) is 4.94. The Morgan fingerprint density at radius 3 is 2.46 bits per heavy atom. The second kappa shape index (κ2) is 7.69. The molecule has 2 aromatic heterocycles. The monoisotopic (exact) mass is 369 g/mol. The number of pyridine rings is 2. The van der Waals surface area contributed by atoms with E-state index in [2.05, 4.69) is 46.5 Å². The van der Waals surface area contributed by atoms with Gasteiger partial charge in [0, 0.05) is 22.8 Å². The van der Waals surface area contributed by atoms with Gasteiger partial charge in [0.25, 0.3) is 0 Å². The summed E-state index contributed by atoms with van der Waals surface area (Å²) in [6, 6.07) is 21.9. The molecule has 0 aliphatic heterocycles. The van der Waals surface area contributed by atoms with E-state index in [0.29, 0.717) is 5.52 Å². The molecule has 1 unspecified atom stereocenters. The highest BCUT2D eigenvalue weighted by Crippen LogP contribution is 2.36. The molecular formula is C24H23N3O. The normalized spacial score (nSPS) is 12.1. The topological polar surface area (TPSA) is 58.0 Å². The molecule has 0 spiro atoms. The molecule has 4 nitrogen and oxygen atoms in total. The van der Waals surface area contributed by atoms with Crippen molar-refractivity contribution in [2.24, 2.45) is 0 Å². The smallest absolute Gasteiger partial charge is 0.147 e. The summed E-state index contributed by atoms with van der Waals surface area (Å²) in [5, 5.41) is 15.5. The molecule has 28 heavy (non-hydrogen) atoms. The molecule has 4 heteroatoms. The molecule has 2 aromatic carbocycles. The number of fused-ring (bicyclic) bond motifs is 1. The number of anilines is 1. The van der Waals surface area contributed by atoms with E-state index in [-0.39, 0.29) is 11.8 Å². The second-order valence-corrected chi connectivity index (χ2v) is 6.92. The predicted octanol–water partition coefficient (Wildman–Crippen LogP) is 5.41. The predicted molar refractivity (Wildman–Crippen MR) is 114 cm³/mol. The van der Waals surface area contributed by atoms with E-state index in [0.717, 1.165) is 34.4 Å². The van der Waals surface area contributed by atoms with E-state index in [1.165, 1.54) is 5.56 Å². The van der Waals surface area contributed by atoms with E-state index in [1.54, 1.807) is 6.20 Å². The van der Waals surface area contributed by atoms with Crippen LogP contribution in [0.1, 0.15) is 35.3 Å². The summed E-state index contributed by atoms with van der Waals surface area (Å²) in [6.07, 6.45) is 2.74. The van der Waals surface area contributed by atoms with Crippen molar-refractivity contribution in [2.45, 2.75) is 26.3 Å². The molecule has 4 rings (SSSR count). The first-order valence-electron chi connectivity index (χ1n) is 9.51. The van der Waals surface area contributed by atoms with E-state index < -0.39 is 0 Å². The number of hydrogen-bond donors (Lipinski definition) is 2. The molecule has 0 saturated heterocycles. The van der Waals surface area contributed by atoms with Gasteiger partial charge in [0.2, 0.25) is 0 Å². The van der Waals surface area contributed by atoms with Crippen molar-refractivity contribution in [3.63, 3.8) is 0 Å². The number of hydrogen-bond acceptors (Lipinski definition) is 4. The summed E-state index contributed by atoms with van der Waals surface area (Å²) in [5.74, 6) is 0.956. The van der Waals surface area contributed by atoms with Gasteiger partial charge >= 0.3 is 0 Å². The fourth-order valence-corrected chi connectivity index (χ4v) is 3.40. The Morgan fingerprint density at radius 2 is 1.75 bits per heavy atom. The van der Waals surface area contributed by atoms with Crippen LogP contribution in [0.15, 0.2) is 72.9 Å². The highest BCUT2D eigenvalue weighted by atomic mass is 16.3. The number of benzene rings is 2. The molecule has 2 N–H and O–H groups in total. The van der Waals surface area contributed by atoms with Crippen LogP contribution < -0.4 is 5.32 Å². The van der Waals surface area contributed by atoms with Gasteiger partial charge < -0.3 is 10.4 Å². The number of phenolic OH excluding ortho intramolecular Hbond substituents is 1. The van der Waals surface area contributed by atoms with Crippen LogP contribution in [0.4, 0.5) is 5.82 Å². The summed E-state index contributed by atoms with van der Waals surface area (Å²) < 4.78 is 0. The number of phenols is 1. The molecule has 0 aliphatic carbocycles. The van der Waals surface area contributed by atoms with Gasteiger partial charge in [-0.2, -0.15) is 0 Å². The summed E-state index contributed by atoms with van der Waals surface area (Å²) in [6.45, 7) is 4.07. The molecule has 1 atom stereocenters. The quantitative estimate of drug-likeness (QED) is 0.494. The van der Waals surface area contributed by atoms with Crippen LogP contribution in [0.2, 0.25) is 0 Å². The van der Waals surface area contributed by atoms with E-state index in [4.69, 9.17) is 0 Å². The van der Waals surface area contributed by atoms with Crippen molar-refractivity contribution in [1.82, 2.24) is 9.97 Å². The molecular weight excluding hydrogens is 346 g/mol. The Labute approximate surface area is 164 Å². The van der Waals surface area contributed by atoms with Crippen LogP contribution in [-0.4, -0.2) is 15.1 Å². The Hall–Kier alpha value is -3.40. The lowest BCUT2D eigenvalue weighted by Crippen LogP contribution is -2.13. The van der Waals surface area contributed by atoms with Crippen LogP contribution in [0, 0.1) is 6.92 Å². The Bertz CT molecular complexity index is 1090. The second-order valence-electron chi connectivity index (χ2n) is 6.92. The zero-order valence-electron chi connectivity index (χ0n) is 16.1. The van der Waals surface area contributed by atoms with Crippen molar-refractivity contribution in [1.29, 1.82) is 0 Å². The molecule has 2 heterocycles. The highest BCUT2D eigenvalue weighted by molar-refractivity contribution is 5.86. The first kappa shape index (κ1) is 18.0. The maximum absolute atomic E-state index is 11.1. The zero-order chi connectivity index (χ0) is 19.5. The molecule has 0 radical (unpaired) electrons. The van der Waals surface area contributed by atoms with Crippen molar-refractivity contribution >= 4 is 16.7 Å². The minimum atomic E-state index is -0.243. The van der Waals surface area contributed by atoms with Crippen molar-refractivity contribution in [2.75, 3.05) is 5.32 Å². The van der Waals surface area contributed by atoms with Gasteiger partial charge in [0.15, 0.2) is 0 Å². The molecule has 4 aromatic rings. The molecule has 0 aliphatic rings. The molecule has 0 saturated carbocycles. The number of aromatic hydroxyl groups is 1. The van der Waals surface area contributed by atoms with E-state index in [1.807, 2.05) is 49.4 Å². The van der Waals surface area contributed by atoms with Crippen LogP contribution >= 0.6 is 0 Å². The average molecular weight is 369 g/mol. The van der Waals surface area contributed by atoms with Gasteiger partial charge in [0.1, 0.15) is 17.1 Å². The Balaban J connectivity index is 1.84. The van der Waals surface area contributed by atoms with Crippen LogP contribution in [-0.2, 0) is 6.42 Å². The first-order valence-corrected chi connectivity index (χ1v) is 9.51. The van der Waals surface area contributed by atoms with Gasteiger partial charge in [0.05, 0.1) is 6.04 Å². The van der Waals surface area contributed by atoms with Crippen molar-refractivity contribution in [3.8, 4) is 5.75 Å². The lowest BCUT2D eigenvalue weighted by atomic mass is 9.95. The fraction of sp³-hybridized carbons (Fsp3) is 0.167. The number of nitrogens with zero attached hydrogens (tertiary/aromatic N) is 2. The van der Waals surface area contributed by atoms with Crippen LogP contribution in [0.25, 0.3) is 10.9 Å². The minimum Gasteiger partial charge on any atom is -0.505 e. The molecule has 0 bridgehead atoms. The lowest BCUT2D eigenvalue weighted by Gasteiger charge is -2.22.